The molecule has 0 aliphatic heterocycles. The Labute approximate surface area is 119 Å². The monoisotopic (exact) mass is 275 g/mol. The molecule has 0 amide bonds. The highest BCUT2D eigenvalue weighted by molar-refractivity contribution is 6.30. The van der Waals surface area contributed by atoms with E-state index < -0.39 is 0 Å². The molecule has 4 heteroatoms. The van der Waals surface area contributed by atoms with Crippen LogP contribution in [0.25, 0.3) is 0 Å². The number of anilines is 1. The van der Waals surface area contributed by atoms with Crippen LogP contribution in [0.2, 0.25) is 5.02 Å². The summed E-state index contributed by atoms with van der Waals surface area (Å²) in [6.07, 6.45) is 1.80. The van der Waals surface area contributed by atoms with E-state index in [9.17, 15) is 0 Å². The van der Waals surface area contributed by atoms with Crippen molar-refractivity contribution >= 4 is 17.4 Å². The van der Waals surface area contributed by atoms with Crippen molar-refractivity contribution in [3.05, 3.63) is 58.7 Å². The van der Waals surface area contributed by atoms with Gasteiger partial charge in [-0.05, 0) is 42.3 Å². The lowest BCUT2D eigenvalue weighted by molar-refractivity contribution is 0.809. The Morgan fingerprint density at radius 3 is 2.58 bits per heavy atom. The second kappa shape index (κ2) is 6.04. The van der Waals surface area contributed by atoms with Crippen LogP contribution < -0.4 is 10.6 Å². The van der Waals surface area contributed by atoms with Crippen molar-refractivity contribution in [2.24, 2.45) is 5.73 Å². The number of hydrogen-bond acceptors (Lipinski definition) is 3. The number of hydrogen-bond donors (Lipinski definition) is 1. The van der Waals surface area contributed by atoms with Gasteiger partial charge in [-0.1, -0.05) is 23.7 Å². The summed E-state index contributed by atoms with van der Waals surface area (Å²) in [7, 11) is 2.02. The average Bonchev–Trinajstić information content (AvgIpc) is 2.41. The van der Waals surface area contributed by atoms with Crippen LogP contribution in [-0.2, 0) is 6.54 Å². The third-order valence-electron chi connectivity index (χ3n) is 3.02. The first-order valence-corrected chi connectivity index (χ1v) is 6.61. The summed E-state index contributed by atoms with van der Waals surface area (Å²) in [5.41, 5.74) is 8.18. The van der Waals surface area contributed by atoms with Crippen molar-refractivity contribution in [2.45, 2.75) is 19.5 Å². The molecule has 19 heavy (non-hydrogen) atoms. The fourth-order valence-electron chi connectivity index (χ4n) is 1.87. The van der Waals surface area contributed by atoms with Crippen molar-refractivity contribution in [3.8, 4) is 0 Å². The molecule has 1 aromatic carbocycles. The molecule has 0 aliphatic rings. The van der Waals surface area contributed by atoms with E-state index in [1.54, 1.807) is 6.20 Å². The van der Waals surface area contributed by atoms with Gasteiger partial charge in [-0.2, -0.15) is 0 Å². The van der Waals surface area contributed by atoms with Crippen molar-refractivity contribution in [2.75, 3.05) is 11.9 Å². The molecular weight excluding hydrogens is 258 g/mol. The van der Waals surface area contributed by atoms with Gasteiger partial charge in [-0.15, -0.1) is 0 Å². The minimum absolute atomic E-state index is 0.0191. The Morgan fingerprint density at radius 1 is 1.26 bits per heavy atom. The van der Waals surface area contributed by atoms with Gasteiger partial charge >= 0.3 is 0 Å². The molecule has 0 radical (unpaired) electrons. The summed E-state index contributed by atoms with van der Waals surface area (Å²) in [4.78, 5) is 6.47. The number of nitrogens with two attached hydrogens (primary N) is 1. The van der Waals surface area contributed by atoms with Crippen LogP contribution in [0.5, 0.6) is 0 Å². The topological polar surface area (TPSA) is 42.1 Å². The van der Waals surface area contributed by atoms with Crippen LogP contribution in [0.15, 0.2) is 42.6 Å². The fraction of sp³-hybridized carbons (Fsp3) is 0.267. The van der Waals surface area contributed by atoms with E-state index in [1.807, 2.05) is 50.4 Å². The van der Waals surface area contributed by atoms with Gasteiger partial charge in [-0.3, -0.25) is 0 Å². The molecule has 0 spiro atoms. The zero-order valence-electron chi connectivity index (χ0n) is 11.2. The number of pyridine rings is 1. The number of rotatable bonds is 4. The summed E-state index contributed by atoms with van der Waals surface area (Å²) >= 11 is 5.88. The van der Waals surface area contributed by atoms with Crippen LogP contribution in [0.4, 0.5) is 5.82 Å². The Balaban J connectivity index is 2.13. The maximum Gasteiger partial charge on any atom is 0.128 e. The Kier molecular flexibility index (Phi) is 4.40. The first-order valence-electron chi connectivity index (χ1n) is 6.23. The van der Waals surface area contributed by atoms with Crippen LogP contribution in [0, 0.1) is 0 Å². The van der Waals surface area contributed by atoms with Gasteiger partial charge in [0.15, 0.2) is 0 Å². The molecule has 2 rings (SSSR count). The van der Waals surface area contributed by atoms with E-state index in [-0.39, 0.29) is 6.04 Å². The highest BCUT2D eigenvalue weighted by atomic mass is 35.5. The van der Waals surface area contributed by atoms with E-state index in [1.165, 1.54) is 5.56 Å². The van der Waals surface area contributed by atoms with E-state index in [2.05, 4.69) is 9.88 Å². The molecule has 1 heterocycles. The molecule has 1 aromatic heterocycles. The first kappa shape index (κ1) is 13.8. The molecule has 0 aliphatic carbocycles. The highest BCUT2D eigenvalue weighted by Gasteiger charge is 2.06. The molecule has 1 atom stereocenters. The molecular formula is C15H18ClN3. The third-order valence-corrected chi connectivity index (χ3v) is 3.27. The highest BCUT2D eigenvalue weighted by Crippen LogP contribution is 2.18. The Morgan fingerprint density at radius 2 is 1.95 bits per heavy atom. The normalized spacial score (nSPS) is 12.2. The summed E-state index contributed by atoms with van der Waals surface area (Å²) in [6.45, 7) is 2.75. The Bertz CT molecular complexity index is 537. The van der Waals surface area contributed by atoms with Gasteiger partial charge < -0.3 is 10.6 Å². The SMILES string of the molecule is C[C@@H](N)c1ccnc(N(C)Cc2ccc(Cl)cc2)c1. The van der Waals surface area contributed by atoms with E-state index >= 15 is 0 Å². The van der Waals surface area contributed by atoms with Crippen molar-refractivity contribution in [1.29, 1.82) is 0 Å². The minimum Gasteiger partial charge on any atom is -0.355 e. The van der Waals surface area contributed by atoms with E-state index in [0.29, 0.717) is 0 Å². The number of nitrogens with zero attached hydrogens (tertiary/aromatic N) is 2. The summed E-state index contributed by atoms with van der Waals surface area (Å²) in [5, 5.41) is 0.753. The van der Waals surface area contributed by atoms with Gasteiger partial charge in [0.2, 0.25) is 0 Å². The van der Waals surface area contributed by atoms with E-state index in [0.717, 1.165) is 22.9 Å². The molecule has 0 fully saturated rings. The number of halogens is 1. The largest absolute Gasteiger partial charge is 0.355 e. The molecule has 0 saturated carbocycles. The van der Waals surface area contributed by atoms with Gasteiger partial charge in [0, 0.05) is 30.9 Å². The summed E-state index contributed by atoms with van der Waals surface area (Å²) in [5.74, 6) is 0.921. The van der Waals surface area contributed by atoms with Crippen LogP contribution in [-0.4, -0.2) is 12.0 Å². The number of benzene rings is 1. The zero-order chi connectivity index (χ0) is 13.8. The van der Waals surface area contributed by atoms with Gasteiger partial charge in [0.1, 0.15) is 5.82 Å². The lowest BCUT2D eigenvalue weighted by Gasteiger charge is -2.19. The molecule has 100 valence electrons. The van der Waals surface area contributed by atoms with Gasteiger partial charge in [-0.25, -0.2) is 4.98 Å². The summed E-state index contributed by atoms with van der Waals surface area (Å²) < 4.78 is 0. The maximum absolute atomic E-state index is 5.89. The second-order valence-electron chi connectivity index (χ2n) is 4.72. The lowest BCUT2D eigenvalue weighted by Crippen LogP contribution is -2.18. The number of aromatic nitrogens is 1. The third kappa shape index (κ3) is 3.69. The first-order chi connectivity index (χ1) is 9.06. The van der Waals surface area contributed by atoms with Crippen LogP contribution >= 0.6 is 11.6 Å². The standard InChI is InChI=1S/C15H18ClN3/c1-11(17)13-7-8-18-15(9-13)19(2)10-12-3-5-14(16)6-4-12/h3-9,11H,10,17H2,1-2H3/t11-/m1/s1. The van der Waals surface area contributed by atoms with Crippen molar-refractivity contribution in [3.63, 3.8) is 0 Å². The van der Waals surface area contributed by atoms with Crippen LogP contribution in [0.1, 0.15) is 24.1 Å². The predicted molar refractivity (Wildman–Crippen MR) is 80.4 cm³/mol. The second-order valence-corrected chi connectivity index (χ2v) is 5.16. The fourth-order valence-corrected chi connectivity index (χ4v) is 2.00. The molecule has 0 saturated heterocycles. The lowest BCUT2D eigenvalue weighted by atomic mass is 10.1. The molecule has 0 unspecified atom stereocenters. The molecule has 0 bridgehead atoms. The Hall–Kier alpha value is -1.58. The molecule has 2 N–H and O–H groups in total. The van der Waals surface area contributed by atoms with E-state index in [4.69, 9.17) is 17.3 Å². The molecule has 2 aromatic rings. The quantitative estimate of drug-likeness (QED) is 0.930. The van der Waals surface area contributed by atoms with Gasteiger partial charge in [0.05, 0.1) is 0 Å². The minimum atomic E-state index is 0.0191. The van der Waals surface area contributed by atoms with Crippen LogP contribution in [0.3, 0.4) is 0 Å². The average molecular weight is 276 g/mol. The summed E-state index contributed by atoms with van der Waals surface area (Å²) in [6, 6.07) is 11.8. The van der Waals surface area contributed by atoms with Crippen molar-refractivity contribution < 1.29 is 0 Å². The predicted octanol–water partition coefficient (Wildman–Crippen LogP) is 3.39. The maximum atomic E-state index is 5.89. The van der Waals surface area contributed by atoms with Gasteiger partial charge in [0.25, 0.3) is 0 Å². The van der Waals surface area contributed by atoms with Crippen molar-refractivity contribution in [1.82, 2.24) is 4.98 Å². The zero-order valence-corrected chi connectivity index (χ0v) is 11.9. The smallest absolute Gasteiger partial charge is 0.128 e. The molecule has 3 nitrogen and oxygen atoms in total.